The number of rotatable bonds is 7. The van der Waals surface area contributed by atoms with Gasteiger partial charge in [0.2, 0.25) is 5.91 Å². The predicted molar refractivity (Wildman–Crippen MR) is 110 cm³/mol. The van der Waals surface area contributed by atoms with Gasteiger partial charge in [-0.15, -0.1) is 0 Å². The van der Waals surface area contributed by atoms with Crippen molar-refractivity contribution < 1.29 is 9.59 Å². The monoisotopic (exact) mass is 406 g/mol. The van der Waals surface area contributed by atoms with Gasteiger partial charge in [-0.3, -0.25) is 9.59 Å². The van der Waals surface area contributed by atoms with Crippen LogP contribution in [0.5, 0.6) is 0 Å². The molecule has 3 unspecified atom stereocenters. The quantitative estimate of drug-likeness (QED) is 0.678. The summed E-state index contributed by atoms with van der Waals surface area (Å²) < 4.78 is 0. The normalized spacial score (nSPS) is 14.1. The van der Waals surface area contributed by atoms with E-state index < -0.39 is 11.9 Å². The lowest BCUT2D eigenvalue weighted by Gasteiger charge is -2.26. The highest BCUT2D eigenvalue weighted by atomic mass is 35.5. The Morgan fingerprint density at radius 1 is 1.00 bits per heavy atom. The first kappa shape index (κ1) is 21.3. The fraction of sp³-hybridized carbons (Fsp3) is 0.333. The minimum Gasteiger partial charge on any atom is -0.348 e. The highest BCUT2D eigenvalue weighted by molar-refractivity contribution is 6.36. The number of amides is 2. The second-order valence-electron chi connectivity index (χ2n) is 6.60. The van der Waals surface area contributed by atoms with E-state index in [2.05, 4.69) is 10.6 Å². The lowest BCUT2D eigenvalue weighted by molar-refractivity contribution is -0.124. The molecule has 27 heavy (non-hydrogen) atoms. The maximum atomic E-state index is 12.9. The highest BCUT2D eigenvalue weighted by Crippen LogP contribution is 2.22. The SMILES string of the molecule is CCC(C)C(NC(=O)c1ccc(Cl)cc1Cl)C(=O)NC(C)c1ccccc1. The molecule has 2 rings (SSSR count). The summed E-state index contributed by atoms with van der Waals surface area (Å²) in [5.74, 6) is -0.661. The van der Waals surface area contributed by atoms with Crippen molar-refractivity contribution in [2.75, 3.05) is 0 Å². The minimum atomic E-state index is -0.666. The van der Waals surface area contributed by atoms with Gasteiger partial charge in [0, 0.05) is 5.02 Å². The zero-order chi connectivity index (χ0) is 20.0. The molecule has 2 N–H and O–H groups in total. The van der Waals surface area contributed by atoms with Gasteiger partial charge in [-0.2, -0.15) is 0 Å². The van der Waals surface area contributed by atoms with Crippen molar-refractivity contribution in [3.05, 3.63) is 69.7 Å². The fourth-order valence-electron chi connectivity index (χ4n) is 2.72. The van der Waals surface area contributed by atoms with E-state index in [4.69, 9.17) is 23.2 Å². The molecule has 0 spiro atoms. The van der Waals surface area contributed by atoms with E-state index in [1.807, 2.05) is 51.1 Å². The standard InChI is InChI=1S/C21H24Cl2N2O2/c1-4-13(2)19(21(27)24-14(3)15-8-6-5-7-9-15)25-20(26)17-11-10-16(22)12-18(17)23/h5-14,19H,4H2,1-3H3,(H,24,27)(H,25,26). The Bertz CT molecular complexity index is 796. The molecule has 4 nitrogen and oxygen atoms in total. The van der Waals surface area contributed by atoms with Crippen LogP contribution in [0.25, 0.3) is 0 Å². The van der Waals surface area contributed by atoms with Crippen LogP contribution in [0.3, 0.4) is 0 Å². The van der Waals surface area contributed by atoms with Gasteiger partial charge in [0.25, 0.3) is 5.91 Å². The van der Waals surface area contributed by atoms with Crippen molar-refractivity contribution in [1.29, 1.82) is 0 Å². The summed E-state index contributed by atoms with van der Waals surface area (Å²) in [5, 5.41) is 6.51. The third-order valence-corrected chi connectivity index (χ3v) is 5.16. The van der Waals surface area contributed by atoms with Crippen LogP contribution in [0.2, 0.25) is 10.0 Å². The lowest BCUT2D eigenvalue weighted by Crippen LogP contribution is -2.50. The number of hydrogen-bond acceptors (Lipinski definition) is 2. The molecule has 2 aromatic rings. The molecule has 0 aliphatic carbocycles. The van der Waals surface area contributed by atoms with Gasteiger partial charge < -0.3 is 10.6 Å². The summed E-state index contributed by atoms with van der Waals surface area (Å²) in [6, 6.07) is 13.5. The first-order valence-electron chi connectivity index (χ1n) is 8.94. The van der Waals surface area contributed by atoms with Crippen molar-refractivity contribution >= 4 is 35.0 Å². The summed E-state index contributed by atoms with van der Waals surface area (Å²) in [4.78, 5) is 25.5. The minimum absolute atomic E-state index is 0.0389. The number of hydrogen-bond donors (Lipinski definition) is 2. The van der Waals surface area contributed by atoms with Crippen LogP contribution in [0.15, 0.2) is 48.5 Å². The number of carbonyl (C=O) groups excluding carboxylic acids is 2. The van der Waals surface area contributed by atoms with Crippen molar-refractivity contribution in [2.45, 2.75) is 39.3 Å². The van der Waals surface area contributed by atoms with Crippen molar-refractivity contribution in [3.63, 3.8) is 0 Å². The van der Waals surface area contributed by atoms with Crippen molar-refractivity contribution in [3.8, 4) is 0 Å². The van der Waals surface area contributed by atoms with E-state index >= 15 is 0 Å². The molecule has 0 aliphatic heterocycles. The van der Waals surface area contributed by atoms with Gasteiger partial charge in [0.1, 0.15) is 6.04 Å². The van der Waals surface area contributed by atoms with E-state index in [0.717, 1.165) is 12.0 Å². The predicted octanol–water partition coefficient (Wildman–Crippen LogP) is 5.02. The maximum Gasteiger partial charge on any atom is 0.253 e. The molecule has 2 amide bonds. The molecule has 0 bridgehead atoms. The molecular formula is C21H24Cl2N2O2. The molecule has 0 saturated heterocycles. The van der Waals surface area contributed by atoms with Crippen LogP contribution in [0.1, 0.15) is 49.2 Å². The zero-order valence-electron chi connectivity index (χ0n) is 15.6. The van der Waals surface area contributed by atoms with Gasteiger partial charge in [0.05, 0.1) is 16.6 Å². The third kappa shape index (κ3) is 5.72. The zero-order valence-corrected chi connectivity index (χ0v) is 17.1. The van der Waals surface area contributed by atoms with Crippen LogP contribution in [-0.2, 0) is 4.79 Å². The lowest BCUT2D eigenvalue weighted by atomic mass is 9.97. The van der Waals surface area contributed by atoms with Crippen LogP contribution in [0.4, 0.5) is 0 Å². The Morgan fingerprint density at radius 3 is 2.26 bits per heavy atom. The van der Waals surface area contributed by atoms with Crippen LogP contribution in [-0.4, -0.2) is 17.9 Å². The fourth-order valence-corrected chi connectivity index (χ4v) is 3.22. The summed E-state index contributed by atoms with van der Waals surface area (Å²) in [7, 11) is 0. The average molecular weight is 407 g/mol. The Morgan fingerprint density at radius 2 is 1.67 bits per heavy atom. The van der Waals surface area contributed by atoms with Crippen molar-refractivity contribution in [2.24, 2.45) is 5.92 Å². The van der Waals surface area contributed by atoms with Crippen molar-refractivity contribution in [1.82, 2.24) is 10.6 Å². The topological polar surface area (TPSA) is 58.2 Å². The Balaban J connectivity index is 2.14. The molecule has 0 aromatic heterocycles. The Labute approximate surface area is 170 Å². The molecule has 0 aliphatic rings. The largest absolute Gasteiger partial charge is 0.348 e. The van der Waals surface area contributed by atoms with Gasteiger partial charge in [-0.25, -0.2) is 0 Å². The maximum absolute atomic E-state index is 12.9. The molecule has 6 heteroatoms. The number of benzene rings is 2. The summed E-state index contributed by atoms with van der Waals surface area (Å²) in [5.41, 5.74) is 1.29. The summed E-state index contributed by atoms with van der Waals surface area (Å²) in [6.07, 6.45) is 0.742. The van der Waals surface area contributed by atoms with Crippen LogP contribution >= 0.6 is 23.2 Å². The Kier molecular flexibility index (Phi) is 7.69. The van der Waals surface area contributed by atoms with E-state index in [-0.39, 0.29) is 22.9 Å². The highest BCUT2D eigenvalue weighted by Gasteiger charge is 2.28. The molecule has 0 heterocycles. The number of halogens is 2. The first-order chi connectivity index (χ1) is 12.8. The Hall–Kier alpha value is -2.04. The molecule has 2 aromatic carbocycles. The average Bonchev–Trinajstić information content (AvgIpc) is 2.65. The molecule has 0 radical (unpaired) electrons. The number of carbonyl (C=O) groups is 2. The van der Waals surface area contributed by atoms with E-state index in [9.17, 15) is 9.59 Å². The van der Waals surface area contributed by atoms with Gasteiger partial charge in [-0.05, 0) is 36.6 Å². The molecule has 0 fully saturated rings. The summed E-state index contributed by atoms with van der Waals surface area (Å²) in [6.45, 7) is 5.83. The van der Waals surface area contributed by atoms with E-state index in [1.165, 1.54) is 6.07 Å². The van der Waals surface area contributed by atoms with E-state index in [0.29, 0.717) is 10.6 Å². The summed E-state index contributed by atoms with van der Waals surface area (Å²) >= 11 is 12.0. The second kappa shape index (κ2) is 9.77. The molecular weight excluding hydrogens is 383 g/mol. The van der Waals surface area contributed by atoms with Crippen LogP contribution < -0.4 is 10.6 Å². The molecule has 0 saturated carbocycles. The third-order valence-electron chi connectivity index (χ3n) is 4.62. The molecule has 144 valence electrons. The smallest absolute Gasteiger partial charge is 0.253 e. The second-order valence-corrected chi connectivity index (χ2v) is 7.45. The first-order valence-corrected chi connectivity index (χ1v) is 9.70. The van der Waals surface area contributed by atoms with Gasteiger partial charge in [-0.1, -0.05) is 73.8 Å². The number of nitrogens with one attached hydrogen (secondary N) is 2. The van der Waals surface area contributed by atoms with Gasteiger partial charge in [0.15, 0.2) is 0 Å². The molecule has 3 atom stereocenters. The van der Waals surface area contributed by atoms with Gasteiger partial charge >= 0.3 is 0 Å². The van der Waals surface area contributed by atoms with E-state index in [1.54, 1.807) is 12.1 Å². The van der Waals surface area contributed by atoms with Crippen LogP contribution in [0, 0.1) is 5.92 Å².